The van der Waals surface area contributed by atoms with Gasteiger partial charge in [-0.1, -0.05) is 29.8 Å². The molecule has 8 heteroatoms. The molecule has 0 radical (unpaired) electrons. The Hall–Kier alpha value is -1.54. The molecule has 1 fully saturated rings. The van der Waals surface area contributed by atoms with Crippen molar-refractivity contribution in [2.75, 3.05) is 32.4 Å². The zero-order valence-corrected chi connectivity index (χ0v) is 16.6. The normalized spacial score (nSPS) is 15.8. The highest BCUT2D eigenvalue weighted by atomic mass is 35.5. The Bertz CT molecular complexity index is 910. The van der Waals surface area contributed by atoms with Crippen LogP contribution < -0.4 is 0 Å². The fourth-order valence-electron chi connectivity index (χ4n) is 2.90. The highest BCUT2D eigenvalue weighted by molar-refractivity contribution is 7.98. The number of hydrogen-bond acceptors (Lipinski definition) is 4. The Kier molecular flexibility index (Phi) is 5.92. The van der Waals surface area contributed by atoms with Crippen LogP contribution >= 0.6 is 23.4 Å². The van der Waals surface area contributed by atoms with Crippen LogP contribution in [0.25, 0.3) is 0 Å². The highest BCUT2D eigenvalue weighted by Crippen LogP contribution is 2.24. The van der Waals surface area contributed by atoms with Gasteiger partial charge < -0.3 is 4.90 Å². The van der Waals surface area contributed by atoms with Crippen molar-refractivity contribution in [3.05, 3.63) is 59.1 Å². The van der Waals surface area contributed by atoms with E-state index in [0.717, 1.165) is 4.90 Å². The van der Waals surface area contributed by atoms with Crippen LogP contribution in [0.5, 0.6) is 0 Å². The van der Waals surface area contributed by atoms with E-state index in [4.69, 9.17) is 11.6 Å². The summed E-state index contributed by atoms with van der Waals surface area (Å²) in [5, 5.41) is 0.383. The second kappa shape index (κ2) is 8.00. The summed E-state index contributed by atoms with van der Waals surface area (Å²) >= 11 is 7.44. The summed E-state index contributed by atoms with van der Waals surface area (Å²) in [5.41, 5.74) is 0.658. The summed E-state index contributed by atoms with van der Waals surface area (Å²) in [4.78, 5) is 15.6. The molecule has 0 bridgehead atoms. The number of halogens is 1. The number of rotatable bonds is 4. The van der Waals surface area contributed by atoms with Crippen molar-refractivity contribution >= 4 is 39.3 Å². The molecule has 0 saturated carbocycles. The number of thioether (sulfide) groups is 1. The molecule has 0 unspecified atom stereocenters. The first-order chi connectivity index (χ1) is 12.4. The number of sulfonamides is 1. The summed E-state index contributed by atoms with van der Waals surface area (Å²) in [6.07, 6.45) is 1.93. The molecular weight excluding hydrogens is 392 g/mol. The Morgan fingerprint density at radius 2 is 1.73 bits per heavy atom. The molecule has 0 aliphatic carbocycles. The summed E-state index contributed by atoms with van der Waals surface area (Å²) < 4.78 is 26.9. The molecule has 5 nitrogen and oxygen atoms in total. The number of piperazine rings is 1. The van der Waals surface area contributed by atoms with Crippen LogP contribution in [0.15, 0.2) is 58.3 Å². The van der Waals surface area contributed by atoms with Gasteiger partial charge in [0.05, 0.1) is 10.5 Å². The van der Waals surface area contributed by atoms with E-state index in [1.807, 2.05) is 30.5 Å². The molecule has 1 aliphatic rings. The molecular formula is C18H19ClN2O3S2. The molecule has 3 rings (SSSR count). The van der Waals surface area contributed by atoms with Gasteiger partial charge in [-0.15, -0.1) is 11.8 Å². The van der Waals surface area contributed by atoms with Gasteiger partial charge in [0.2, 0.25) is 10.0 Å². The van der Waals surface area contributed by atoms with E-state index in [1.54, 1.807) is 17.0 Å². The predicted octanol–water partition coefficient (Wildman–Crippen LogP) is 3.21. The van der Waals surface area contributed by atoms with E-state index in [-0.39, 0.29) is 23.9 Å². The zero-order valence-electron chi connectivity index (χ0n) is 14.3. The number of benzene rings is 2. The fraction of sp³-hybridized carbons (Fsp3) is 0.278. The van der Waals surface area contributed by atoms with Crippen molar-refractivity contribution < 1.29 is 13.2 Å². The lowest BCUT2D eigenvalue weighted by atomic mass is 10.2. The van der Waals surface area contributed by atoms with Crippen LogP contribution in [-0.2, 0) is 10.0 Å². The number of hydrogen-bond donors (Lipinski definition) is 0. The van der Waals surface area contributed by atoms with Crippen LogP contribution in [-0.4, -0.2) is 56.0 Å². The second-order valence-electron chi connectivity index (χ2n) is 5.85. The fourth-order valence-corrected chi connectivity index (χ4v) is 5.21. The quantitative estimate of drug-likeness (QED) is 0.726. The maximum atomic E-state index is 12.8. The van der Waals surface area contributed by atoms with Gasteiger partial charge in [-0.2, -0.15) is 4.31 Å². The molecule has 1 aliphatic heterocycles. The molecule has 1 amide bonds. The molecule has 2 aromatic rings. The molecule has 0 N–H and O–H groups in total. The minimum absolute atomic E-state index is 0.0604. The van der Waals surface area contributed by atoms with E-state index < -0.39 is 10.0 Å². The molecule has 1 heterocycles. The van der Waals surface area contributed by atoms with Crippen molar-refractivity contribution in [2.24, 2.45) is 0 Å². The Balaban J connectivity index is 1.72. The van der Waals surface area contributed by atoms with Crippen LogP contribution in [0, 0.1) is 0 Å². The maximum absolute atomic E-state index is 12.8. The first kappa shape index (κ1) is 19.2. The van der Waals surface area contributed by atoms with E-state index >= 15 is 0 Å². The topological polar surface area (TPSA) is 57.7 Å². The minimum atomic E-state index is -3.60. The molecule has 0 atom stereocenters. The van der Waals surface area contributed by atoms with Gasteiger partial charge in [0.15, 0.2) is 0 Å². The molecule has 0 spiro atoms. The summed E-state index contributed by atoms with van der Waals surface area (Å²) in [6, 6.07) is 13.7. The van der Waals surface area contributed by atoms with E-state index in [9.17, 15) is 13.2 Å². The van der Waals surface area contributed by atoms with E-state index in [1.165, 1.54) is 28.2 Å². The predicted molar refractivity (Wildman–Crippen MR) is 104 cm³/mol. The largest absolute Gasteiger partial charge is 0.336 e. The van der Waals surface area contributed by atoms with Crippen molar-refractivity contribution in [1.82, 2.24) is 9.21 Å². The monoisotopic (exact) mass is 410 g/mol. The van der Waals surface area contributed by atoms with Crippen molar-refractivity contribution in [3.8, 4) is 0 Å². The molecule has 26 heavy (non-hydrogen) atoms. The van der Waals surface area contributed by atoms with Gasteiger partial charge >= 0.3 is 0 Å². The highest BCUT2D eigenvalue weighted by Gasteiger charge is 2.31. The number of carbonyl (C=O) groups is 1. The first-order valence-corrected chi connectivity index (χ1v) is 11.2. The number of nitrogens with zero attached hydrogens (tertiary/aromatic N) is 2. The Morgan fingerprint density at radius 1 is 1.04 bits per heavy atom. The molecule has 1 saturated heterocycles. The van der Waals surface area contributed by atoms with E-state index in [0.29, 0.717) is 23.7 Å². The second-order valence-corrected chi connectivity index (χ2v) is 9.08. The third kappa shape index (κ3) is 3.91. The van der Waals surface area contributed by atoms with Crippen molar-refractivity contribution in [1.29, 1.82) is 0 Å². The zero-order chi connectivity index (χ0) is 18.7. The van der Waals surface area contributed by atoms with Crippen LogP contribution in [0.2, 0.25) is 5.02 Å². The van der Waals surface area contributed by atoms with Crippen molar-refractivity contribution in [2.45, 2.75) is 9.79 Å². The standard InChI is InChI=1S/C18H19ClN2O3S2/c1-25-17-8-3-2-7-16(17)18(22)20-9-11-21(12-10-20)26(23,24)15-6-4-5-14(19)13-15/h2-8,13H,9-12H2,1H3. The van der Waals surface area contributed by atoms with Crippen LogP contribution in [0.3, 0.4) is 0 Å². The summed E-state index contributed by atoms with van der Waals surface area (Å²) in [7, 11) is -3.60. The lowest BCUT2D eigenvalue weighted by Gasteiger charge is -2.34. The number of amides is 1. The summed E-state index contributed by atoms with van der Waals surface area (Å²) in [5.74, 6) is -0.0604. The SMILES string of the molecule is CSc1ccccc1C(=O)N1CCN(S(=O)(=O)c2cccc(Cl)c2)CC1. The molecule has 0 aromatic heterocycles. The average Bonchev–Trinajstić information content (AvgIpc) is 2.67. The Labute approximate surface area is 163 Å². The third-order valence-electron chi connectivity index (χ3n) is 4.30. The van der Waals surface area contributed by atoms with Gasteiger partial charge in [-0.05, 0) is 36.6 Å². The lowest BCUT2D eigenvalue weighted by molar-refractivity contribution is 0.0694. The average molecular weight is 411 g/mol. The molecule has 138 valence electrons. The summed E-state index contributed by atoms with van der Waals surface area (Å²) in [6.45, 7) is 1.26. The first-order valence-electron chi connectivity index (χ1n) is 8.11. The third-order valence-corrected chi connectivity index (χ3v) is 7.22. The van der Waals surface area contributed by atoms with Crippen LogP contribution in [0.1, 0.15) is 10.4 Å². The molecule has 2 aromatic carbocycles. The van der Waals surface area contributed by atoms with Gasteiger partial charge in [-0.3, -0.25) is 4.79 Å². The van der Waals surface area contributed by atoms with E-state index in [2.05, 4.69) is 0 Å². The van der Waals surface area contributed by atoms with Gasteiger partial charge in [0.25, 0.3) is 5.91 Å². The van der Waals surface area contributed by atoms with Gasteiger partial charge in [0.1, 0.15) is 0 Å². The Morgan fingerprint density at radius 3 is 2.38 bits per heavy atom. The minimum Gasteiger partial charge on any atom is -0.336 e. The lowest BCUT2D eigenvalue weighted by Crippen LogP contribution is -2.50. The van der Waals surface area contributed by atoms with Crippen LogP contribution in [0.4, 0.5) is 0 Å². The van der Waals surface area contributed by atoms with Gasteiger partial charge in [0, 0.05) is 36.1 Å². The van der Waals surface area contributed by atoms with Gasteiger partial charge in [-0.25, -0.2) is 8.42 Å². The smallest absolute Gasteiger partial charge is 0.255 e. The van der Waals surface area contributed by atoms with Crippen molar-refractivity contribution in [3.63, 3.8) is 0 Å². The maximum Gasteiger partial charge on any atom is 0.255 e. The number of carbonyl (C=O) groups excluding carboxylic acids is 1.